The summed E-state index contributed by atoms with van der Waals surface area (Å²) in [6.07, 6.45) is 5.89. The molecule has 0 atom stereocenters. The molecule has 18 heavy (non-hydrogen) atoms. The van der Waals surface area contributed by atoms with Gasteiger partial charge >= 0.3 is 0 Å². The molecule has 0 amide bonds. The molecule has 2 nitrogen and oxygen atoms in total. The number of hydrogen-bond donors (Lipinski definition) is 0. The molecule has 2 aromatic rings. The van der Waals surface area contributed by atoms with Crippen molar-refractivity contribution in [2.45, 2.75) is 39.0 Å². The van der Waals surface area contributed by atoms with Crippen molar-refractivity contribution in [2.75, 3.05) is 0 Å². The Labute approximate surface area is 108 Å². The van der Waals surface area contributed by atoms with Gasteiger partial charge in [0, 0.05) is 5.56 Å². The fraction of sp³-hybridized carbons (Fsp3) is 0.375. The molecule has 1 heterocycles. The van der Waals surface area contributed by atoms with E-state index < -0.39 is 0 Å². The van der Waals surface area contributed by atoms with Gasteiger partial charge in [0.1, 0.15) is 0 Å². The Bertz CT molecular complexity index is 551. The first-order chi connectivity index (χ1) is 8.75. The standard InChI is InChI=1S/C16H18N2/c1-11-5-3-6-12(2)16(11)15-9-14(10-17-18-15)13-7-4-8-13/h3,5-6,9-10,13H,4,7-8H2,1-2H3. The van der Waals surface area contributed by atoms with Crippen LogP contribution in [0.1, 0.15) is 41.9 Å². The van der Waals surface area contributed by atoms with Gasteiger partial charge in [0.25, 0.3) is 0 Å². The van der Waals surface area contributed by atoms with E-state index >= 15 is 0 Å². The van der Waals surface area contributed by atoms with Crippen molar-refractivity contribution in [1.82, 2.24) is 10.2 Å². The molecular formula is C16H18N2. The lowest BCUT2D eigenvalue weighted by atomic mass is 9.80. The highest BCUT2D eigenvalue weighted by molar-refractivity contribution is 5.67. The average Bonchev–Trinajstić information content (AvgIpc) is 2.27. The molecule has 0 spiro atoms. The molecule has 92 valence electrons. The lowest BCUT2D eigenvalue weighted by molar-refractivity contribution is 0.418. The summed E-state index contributed by atoms with van der Waals surface area (Å²) in [5, 5.41) is 8.52. The van der Waals surface area contributed by atoms with E-state index in [1.807, 2.05) is 6.20 Å². The van der Waals surface area contributed by atoms with Crippen LogP contribution in [-0.2, 0) is 0 Å². The molecule has 1 aliphatic rings. The third-order valence-corrected chi connectivity index (χ3v) is 3.99. The van der Waals surface area contributed by atoms with Crippen LogP contribution in [-0.4, -0.2) is 10.2 Å². The Morgan fingerprint density at radius 1 is 1.11 bits per heavy atom. The minimum atomic E-state index is 0.712. The number of aromatic nitrogens is 2. The van der Waals surface area contributed by atoms with Crippen LogP contribution in [0.3, 0.4) is 0 Å². The van der Waals surface area contributed by atoms with Gasteiger partial charge in [0.05, 0.1) is 11.9 Å². The predicted molar refractivity (Wildman–Crippen MR) is 73.5 cm³/mol. The number of benzene rings is 1. The fourth-order valence-electron chi connectivity index (χ4n) is 2.69. The van der Waals surface area contributed by atoms with Gasteiger partial charge in [-0.25, -0.2) is 0 Å². The van der Waals surface area contributed by atoms with Crippen molar-refractivity contribution in [2.24, 2.45) is 0 Å². The Balaban J connectivity index is 2.06. The third kappa shape index (κ3) is 1.92. The second-order valence-electron chi connectivity index (χ2n) is 5.27. The molecule has 1 aromatic heterocycles. The average molecular weight is 238 g/mol. The summed E-state index contributed by atoms with van der Waals surface area (Å²) in [5.41, 5.74) is 6.17. The van der Waals surface area contributed by atoms with E-state index in [0.717, 1.165) is 5.69 Å². The lowest BCUT2D eigenvalue weighted by Crippen LogP contribution is -2.09. The molecule has 3 rings (SSSR count). The van der Waals surface area contributed by atoms with Crippen LogP contribution >= 0.6 is 0 Å². The van der Waals surface area contributed by atoms with Crippen LogP contribution in [0.25, 0.3) is 11.3 Å². The number of aryl methyl sites for hydroxylation is 2. The van der Waals surface area contributed by atoms with Gasteiger partial charge in [-0.15, -0.1) is 0 Å². The summed E-state index contributed by atoms with van der Waals surface area (Å²) in [6, 6.07) is 8.60. The molecule has 0 N–H and O–H groups in total. The smallest absolute Gasteiger partial charge is 0.0937 e. The van der Waals surface area contributed by atoms with E-state index in [4.69, 9.17) is 0 Å². The molecule has 0 radical (unpaired) electrons. The van der Waals surface area contributed by atoms with Gasteiger partial charge in [-0.3, -0.25) is 0 Å². The van der Waals surface area contributed by atoms with Gasteiger partial charge < -0.3 is 0 Å². The summed E-state index contributed by atoms with van der Waals surface area (Å²) >= 11 is 0. The van der Waals surface area contributed by atoms with E-state index in [1.54, 1.807) is 0 Å². The Kier molecular flexibility index (Phi) is 2.86. The second-order valence-corrected chi connectivity index (χ2v) is 5.27. The fourth-order valence-corrected chi connectivity index (χ4v) is 2.69. The maximum atomic E-state index is 4.32. The van der Waals surface area contributed by atoms with Crippen LogP contribution in [0.15, 0.2) is 30.5 Å². The normalized spacial score (nSPS) is 15.4. The maximum absolute atomic E-state index is 4.32. The highest BCUT2D eigenvalue weighted by Gasteiger charge is 2.20. The van der Waals surface area contributed by atoms with Crippen molar-refractivity contribution < 1.29 is 0 Å². The van der Waals surface area contributed by atoms with Gasteiger partial charge in [-0.05, 0) is 55.4 Å². The molecule has 0 saturated heterocycles. The van der Waals surface area contributed by atoms with Crippen molar-refractivity contribution in [3.8, 4) is 11.3 Å². The topological polar surface area (TPSA) is 25.8 Å². The first kappa shape index (κ1) is 11.4. The van der Waals surface area contributed by atoms with Gasteiger partial charge in [-0.1, -0.05) is 24.6 Å². The molecule has 2 heteroatoms. The van der Waals surface area contributed by atoms with Crippen molar-refractivity contribution in [1.29, 1.82) is 0 Å². The zero-order chi connectivity index (χ0) is 12.5. The highest BCUT2D eigenvalue weighted by Crippen LogP contribution is 2.37. The minimum absolute atomic E-state index is 0.712. The van der Waals surface area contributed by atoms with Crippen molar-refractivity contribution in [3.05, 3.63) is 47.2 Å². The second kappa shape index (κ2) is 4.52. The summed E-state index contributed by atoms with van der Waals surface area (Å²) < 4.78 is 0. The van der Waals surface area contributed by atoms with Crippen LogP contribution in [0.4, 0.5) is 0 Å². The summed E-state index contributed by atoms with van der Waals surface area (Å²) in [6.45, 7) is 4.28. The van der Waals surface area contributed by atoms with Gasteiger partial charge in [-0.2, -0.15) is 10.2 Å². The van der Waals surface area contributed by atoms with Crippen molar-refractivity contribution >= 4 is 0 Å². The van der Waals surface area contributed by atoms with Crippen LogP contribution in [0.2, 0.25) is 0 Å². The van der Waals surface area contributed by atoms with E-state index in [0.29, 0.717) is 5.92 Å². The Hall–Kier alpha value is -1.70. The lowest BCUT2D eigenvalue weighted by Gasteiger charge is -2.25. The highest BCUT2D eigenvalue weighted by atomic mass is 15.1. The van der Waals surface area contributed by atoms with Crippen LogP contribution in [0, 0.1) is 13.8 Å². The summed E-state index contributed by atoms with van der Waals surface area (Å²) in [7, 11) is 0. The van der Waals surface area contributed by atoms with Gasteiger partial charge in [0.2, 0.25) is 0 Å². The zero-order valence-corrected chi connectivity index (χ0v) is 11.0. The monoisotopic (exact) mass is 238 g/mol. The Morgan fingerprint density at radius 2 is 1.83 bits per heavy atom. The minimum Gasteiger partial charge on any atom is -0.158 e. The quantitative estimate of drug-likeness (QED) is 0.789. The van der Waals surface area contributed by atoms with E-state index in [1.165, 1.54) is 41.5 Å². The van der Waals surface area contributed by atoms with Crippen LogP contribution < -0.4 is 0 Å². The van der Waals surface area contributed by atoms with Gasteiger partial charge in [0.15, 0.2) is 0 Å². The Morgan fingerprint density at radius 3 is 2.44 bits per heavy atom. The van der Waals surface area contributed by atoms with Crippen LogP contribution in [0.5, 0.6) is 0 Å². The number of rotatable bonds is 2. The molecular weight excluding hydrogens is 220 g/mol. The zero-order valence-electron chi connectivity index (χ0n) is 11.0. The molecule has 0 unspecified atom stereocenters. The van der Waals surface area contributed by atoms with Crippen molar-refractivity contribution in [3.63, 3.8) is 0 Å². The first-order valence-corrected chi connectivity index (χ1v) is 6.65. The number of nitrogens with zero attached hydrogens (tertiary/aromatic N) is 2. The first-order valence-electron chi connectivity index (χ1n) is 6.65. The molecule has 1 fully saturated rings. The maximum Gasteiger partial charge on any atom is 0.0937 e. The molecule has 1 aromatic carbocycles. The molecule has 1 saturated carbocycles. The molecule has 0 aliphatic heterocycles. The van der Waals surface area contributed by atoms with E-state index in [9.17, 15) is 0 Å². The summed E-state index contributed by atoms with van der Waals surface area (Å²) in [5.74, 6) is 0.712. The third-order valence-electron chi connectivity index (χ3n) is 3.99. The molecule has 0 bridgehead atoms. The predicted octanol–water partition coefficient (Wildman–Crippen LogP) is 4.03. The molecule has 1 aliphatic carbocycles. The SMILES string of the molecule is Cc1cccc(C)c1-c1cc(C2CCC2)cnn1. The summed E-state index contributed by atoms with van der Waals surface area (Å²) in [4.78, 5) is 0. The largest absolute Gasteiger partial charge is 0.158 e. The van der Waals surface area contributed by atoms with E-state index in [2.05, 4.69) is 48.3 Å². The number of hydrogen-bond acceptors (Lipinski definition) is 2. The van der Waals surface area contributed by atoms with E-state index in [-0.39, 0.29) is 0 Å².